The molecule has 4 nitrogen and oxygen atoms in total. The number of aromatic nitrogens is 1. The van der Waals surface area contributed by atoms with Gasteiger partial charge in [-0.3, -0.25) is 4.79 Å². The van der Waals surface area contributed by atoms with Crippen LogP contribution in [0.3, 0.4) is 0 Å². The lowest BCUT2D eigenvalue weighted by atomic mass is 10.1. The number of nitrogens with zero attached hydrogens (tertiary/aromatic N) is 1. The first-order chi connectivity index (χ1) is 7.63. The highest BCUT2D eigenvalue weighted by molar-refractivity contribution is 7.09. The summed E-state index contributed by atoms with van der Waals surface area (Å²) in [5.41, 5.74) is 6.45. The normalized spacial score (nSPS) is 12.4. The zero-order valence-electron chi connectivity index (χ0n) is 9.82. The number of nitrogens with one attached hydrogen (secondary N) is 1. The van der Waals surface area contributed by atoms with Crippen molar-refractivity contribution in [2.24, 2.45) is 11.7 Å². The van der Waals surface area contributed by atoms with Gasteiger partial charge in [0.1, 0.15) is 0 Å². The molecule has 1 aromatic rings. The Labute approximate surface area is 100 Å². The molecule has 0 radical (unpaired) electrons. The van der Waals surface area contributed by atoms with Crippen LogP contribution in [0.15, 0.2) is 5.38 Å². The minimum atomic E-state index is 0.00281. The lowest BCUT2D eigenvalue weighted by Gasteiger charge is -2.10. The SMILES string of the molecule is Cc1csc(CCNC(=O)C(C)CCN)n1. The third-order valence-electron chi connectivity index (χ3n) is 2.35. The first kappa shape index (κ1) is 13.1. The van der Waals surface area contributed by atoms with Crippen molar-refractivity contribution in [1.82, 2.24) is 10.3 Å². The second kappa shape index (κ2) is 6.60. The predicted molar refractivity (Wildman–Crippen MR) is 66.4 cm³/mol. The van der Waals surface area contributed by atoms with Crippen LogP contribution in [0.1, 0.15) is 24.0 Å². The number of hydrogen-bond donors (Lipinski definition) is 2. The largest absolute Gasteiger partial charge is 0.355 e. The minimum Gasteiger partial charge on any atom is -0.355 e. The number of thiazole rings is 1. The van der Waals surface area contributed by atoms with E-state index in [4.69, 9.17) is 5.73 Å². The van der Waals surface area contributed by atoms with Crippen LogP contribution in [0.5, 0.6) is 0 Å². The molecule has 1 rings (SSSR count). The summed E-state index contributed by atoms with van der Waals surface area (Å²) in [6.07, 6.45) is 1.54. The van der Waals surface area contributed by atoms with E-state index in [1.54, 1.807) is 11.3 Å². The van der Waals surface area contributed by atoms with E-state index in [0.29, 0.717) is 13.1 Å². The van der Waals surface area contributed by atoms with Crippen LogP contribution in [0.2, 0.25) is 0 Å². The van der Waals surface area contributed by atoms with Gasteiger partial charge in [0.2, 0.25) is 5.91 Å². The van der Waals surface area contributed by atoms with Crippen molar-refractivity contribution in [2.45, 2.75) is 26.7 Å². The summed E-state index contributed by atoms with van der Waals surface area (Å²) in [5.74, 6) is 0.0850. The molecule has 1 aromatic heterocycles. The average molecular weight is 241 g/mol. The highest BCUT2D eigenvalue weighted by Crippen LogP contribution is 2.08. The summed E-state index contributed by atoms with van der Waals surface area (Å²) < 4.78 is 0. The van der Waals surface area contributed by atoms with Crippen LogP contribution in [0.4, 0.5) is 0 Å². The molecule has 0 saturated heterocycles. The van der Waals surface area contributed by atoms with Gasteiger partial charge >= 0.3 is 0 Å². The number of amides is 1. The van der Waals surface area contributed by atoms with E-state index in [1.165, 1.54) is 0 Å². The van der Waals surface area contributed by atoms with Gasteiger partial charge in [-0.25, -0.2) is 4.98 Å². The van der Waals surface area contributed by atoms with E-state index in [2.05, 4.69) is 10.3 Å². The van der Waals surface area contributed by atoms with E-state index in [-0.39, 0.29) is 11.8 Å². The molecule has 0 aliphatic carbocycles. The van der Waals surface area contributed by atoms with Gasteiger partial charge in [0.05, 0.1) is 5.01 Å². The Morgan fingerprint density at radius 3 is 3.00 bits per heavy atom. The van der Waals surface area contributed by atoms with Crippen LogP contribution in [0.25, 0.3) is 0 Å². The second-order valence-corrected chi connectivity index (χ2v) is 4.84. The quantitative estimate of drug-likeness (QED) is 0.783. The number of hydrogen-bond acceptors (Lipinski definition) is 4. The standard InChI is InChI=1S/C11H19N3OS/c1-8(3-5-12)11(15)13-6-4-10-14-9(2)7-16-10/h7-8H,3-6,12H2,1-2H3,(H,13,15). The molecule has 0 aromatic carbocycles. The molecule has 1 atom stereocenters. The Morgan fingerprint density at radius 2 is 2.44 bits per heavy atom. The summed E-state index contributed by atoms with van der Waals surface area (Å²) >= 11 is 1.64. The molecule has 1 amide bonds. The molecule has 5 heteroatoms. The van der Waals surface area contributed by atoms with Gasteiger partial charge in [-0.1, -0.05) is 6.92 Å². The Hall–Kier alpha value is -0.940. The molecule has 0 saturated carbocycles. The van der Waals surface area contributed by atoms with Crippen molar-refractivity contribution in [3.05, 3.63) is 16.1 Å². The van der Waals surface area contributed by atoms with Gasteiger partial charge in [0.15, 0.2) is 0 Å². The zero-order valence-corrected chi connectivity index (χ0v) is 10.6. The van der Waals surface area contributed by atoms with Crippen LogP contribution in [0, 0.1) is 12.8 Å². The monoisotopic (exact) mass is 241 g/mol. The third-order valence-corrected chi connectivity index (χ3v) is 3.38. The maximum Gasteiger partial charge on any atom is 0.222 e. The van der Waals surface area contributed by atoms with Gasteiger partial charge < -0.3 is 11.1 Å². The third kappa shape index (κ3) is 4.28. The van der Waals surface area contributed by atoms with E-state index in [9.17, 15) is 4.79 Å². The Bertz CT molecular complexity index is 338. The van der Waals surface area contributed by atoms with Gasteiger partial charge in [0.25, 0.3) is 0 Å². The predicted octanol–water partition coefficient (Wildman–Crippen LogP) is 1.10. The van der Waals surface area contributed by atoms with E-state index < -0.39 is 0 Å². The van der Waals surface area contributed by atoms with E-state index in [0.717, 1.165) is 23.5 Å². The average Bonchev–Trinajstić information content (AvgIpc) is 2.64. The first-order valence-corrected chi connectivity index (χ1v) is 6.40. The molecule has 3 N–H and O–H groups in total. The highest BCUT2D eigenvalue weighted by atomic mass is 32.1. The number of nitrogens with two attached hydrogens (primary N) is 1. The molecule has 1 unspecified atom stereocenters. The lowest BCUT2D eigenvalue weighted by molar-refractivity contribution is -0.124. The topological polar surface area (TPSA) is 68.0 Å². The van der Waals surface area contributed by atoms with E-state index in [1.807, 2.05) is 19.2 Å². The fraction of sp³-hybridized carbons (Fsp3) is 0.636. The molecule has 0 aliphatic heterocycles. The molecule has 1 heterocycles. The molecule has 90 valence electrons. The van der Waals surface area contributed by atoms with E-state index >= 15 is 0 Å². The van der Waals surface area contributed by atoms with Crippen molar-refractivity contribution >= 4 is 17.2 Å². The molecule has 0 fully saturated rings. The van der Waals surface area contributed by atoms with Crippen LogP contribution < -0.4 is 11.1 Å². The smallest absolute Gasteiger partial charge is 0.222 e. The number of carbonyl (C=O) groups excluding carboxylic acids is 1. The highest BCUT2D eigenvalue weighted by Gasteiger charge is 2.10. The lowest BCUT2D eigenvalue weighted by Crippen LogP contribution is -2.31. The molecule has 0 aliphatic rings. The first-order valence-electron chi connectivity index (χ1n) is 5.52. The fourth-order valence-corrected chi connectivity index (χ4v) is 2.14. The van der Waals surface area contributed by atoms with Gasteiger partial charge in [-0.15, -0.1) is 11.3 Å². The minimum absolute atomic E-state index is 0.00281. The molecule has 16 heavy (non-hydrogen) atoms. The summed E-state index contributed by atoms with van der Waals surface area (Å²) in [6, 6.07) is 0. The number of carbonyl (C=O) groups is 1. The zero-order chi connectivity index (χ0) is 12.0. The summed E-state index contributed by atoms with van der Waals surface area (Å²) in [4.78, 5) is 15.9. The van der Waals surface area contributed by atoms with Gasteiger partial charge in [-0.05, 0) is 19.9 Å². The summed E-state index contributed by atoms with van der Waals surface area (Å²) in [5, 5.41) is 5.99. The fourth-order valence-electron chi connectivity index (χ4n) is 1.37. The van der Waals surface area contributed by atoms with Crippen molar-refractivity contribution < 1.29 is 4.79 Å². The van der Waals surface area contributed by atoms with Crippen LogP contribution >= 0.6 is 11.3 Å². The maximum absolute atomic E-state index is 11.5. The summed E-state index contributed by atoms with van der Waals surface area (Å²) in [7, 11) is 0. The molecule has 0 spiro atoms. The van der Waals surface area contributed by atoms with Crippen molar-refractivity contribution in [3.8, 4) is 0 Å². The molecule has 0 bridgehead atoms. The van der Waals surface area contributed by atoms with Crippen molar-refractivity contribution in [3.63, 3.8) is 0 Å². The van der Waals surface area contributed by atoms with Crippen molar-refractivity contribution in [2.75, 3.05) is 13.1 Å². The molecular formula is C11H19N3OS. The van der Waals surface area contributed by atoms with Crippen LogP contribution in [-0.4, -0.2) is 24.0 Å². The number of rotatable bonds is 6. The van der Waals surface area contributed by atoms with Gasteiger partial charge in [0, 0.05) is 30.0 Å². The Kier molecular flexibility index (Phi) is 5.42. The number of aryl methyl sites for hydroxylation is 1. The Morgan fingerprint density at radius 1 is 1.69 bits per heavy atom. The second-order valence-electron chi connectivity index (χ2n) is 3.90. The van der Waals surface area contributed by atoms with Crippen LogP contribution in [-0.2, 0) is 11.2 Å². The Balaban J connectivity index is 2.22. The maximum atomic E-state index is 11.5. The van der Waals surface area contributed by atoms with Crippen molar-refractivity contribution in [1.29, 1.82) is 0 Å². The summed E-state index contributed by atoms with van der Waals surface area (Å²) in [6.45, 7) is 5.08. The molecular weight excluding hydrogens is 222 g/mol. The van der Waals surface area contributed by atoms with Gasteiger partial charge in [-0.2, -0.15) is 0 Å².